The monoisotopic (exact) mass is 480 g/mol. The van der Waals surface area contributed by atoms with Gasteiger partial charge in [-0.2, -0.15) is 13.2 Å². The van der Waals surface area contributed by atoms with Crippen LogP contribution in [-0.4, -0.2) is 20.5 Å². The summed E-state index contributed by atoms with van der Waals surface area (Å²) in [5.74, 6) is -2.06. The molecule has 0 amide bonds. The number of fused-ring (bicyclic) bond motifs is 1. The highest BCUT2D eigenvalue weighted by Crippen LogP contribution is 2.41. The molecule has 4 rings (SSSR count). The lowest BCUT2D eigenvalue weighted by Gasteiger charge is -2.20. The second-order valence-electron chi connectivity index (χ2n) is 7.80. The maximum Gasteiger partial charge on any atom is 0.417 e. The molecule has 4 nitrogen and oxygen atoms in total. The predicted molar refractivity (Wildman–Crippen MR) is 126 cm³/mol. The summed E-state index contributed by atoms with van der Waals surface area (Å²) in [6.45, 7) is 1.75. The average Bonchev–Trinajstić information content (AvgIpc) is 3.29. The van der Waals surface area contributed by atoms with Crippen LogP contribution in [-0.2, 0) is 11.0 Å². The molecule has 0 aliphatic rings. The number of carboxylic acids is 1. The Hall–Kier alpha value is -4.20. The molecule has 1 N–H and O–H groups in total. The van der Waals surface area contributed by atoms with Crippen LogP contribution < -0.4 is 0 Å². The van der Waals surface area contributed by atoms with Crippen molar-refractivity contribution in [1.29, 1.82) is 0 Å². The number of hydrogen-bond donors (Lipinski definition) is 1. The molecule has 0 atom stereocenters. The number of aliphatic carboxylic acids is 1. The summed E-state index contributed by atoms with van der Waals surface area (Å²) < 4.78 is 57.3. The number of carboxylic acid groups (broad SMARTS) is 1. The minimum Gasteiger partial charge on any atom is -0.478 e. The fourth-order valence-electron chi connectivity index (χ4n) is 4.03. The fourth-order valence-corrected chi connectivity index (χ4v) is 4.03. The summed E-state index contributed by atoms with van der Waals surface area (Å²) in [7, 11) is 0. The Balaban J connectivity index is 1.99. The van der Waals surface area contributed by atoms with Gasteiger partial charge in [-0.1, -0.05) is 37.3 Å². The van der Waals surface area contributed by atoms with Crippen molar-refractivity contribution in [3.8, 4) is 0 Å². The first-order valence-corrected chi connectivity index (χ1v) is 10.7. The van der Waals surface area contributed by atoms with Gasteiger partial charge in [0.2, 0.25) is 0 Å². The zero-order chi connectivity index (χ0) is 25.2. The molecular formula is C27H20F4N2O2. The number of aromatic nitrogens is 2. The van der Waals surface area contributed by atoms with Gasteiger partial charge in [-0.3, -0.25) is 0 Å². The number of pyridine rings is 1. The number of imidazole rings is 1. The van der Waals surface area contributed by atoms with E-state index in [0.717, 1.165) is 18.2 Å². The Morgan fingerprint density at radius 3 is 2.43 bits per heavy atom. The molecule has 178 valence electrons. The molecule has 0 fully saturated rings. The van der Waals surface area contributed by atoms with Crippen LogP contribution in [0.15, 0.2) is 79.3 Å². The van der Waals surface area contributed by atoms with Gasteiger partial charge >= 0.3 is 12.1 Å². The molecule has 35 heavy (non-hydrogen) atoms. The molecule has 8 heteroatoms. The van der Waals surface area contributed by atoms with Gasteiger partial charge in [0.15, 0.2) is 0 Å². The number of allylic oxidation sites excluding steroid dienone is 1. The lowest BCUT2D eigenvalue weighted by atomic mass is 9.86. The van der Waals surface area contributed by atoms with E-state index in [0.29, 0.717) is 39.6 Å². The SMILES string of the molecule is CC/C(=C(/c1ccc(/C=C/C(=O)O)cc1)c1ccc2nccn2c1)c1ccc(F)cc1C(F)(F)F. The van der Waals surface area contributed by atoms with Crippen LogP contribution >= 0.6 is 0 Å². The van der Waals surface area contributed by atoms with Gasteiger partial charge in [0.1, 0.15) is 11.5 Å². The quantitative estimate of drug-likeness (QED) is 0.184. The molecule has 0 unspecified atom stereocenters. The molecule has 0 aliphatic carbocycles. The largest absolute Gasteiger partial charge is 0.478 e. The Morgan fingerprint density at radius 2 is 1.77 bits per heavy atom. The summed E-state index contributed by atoms with van der Waals surface area (Å²) in [6, 6.07) is 13.1. The summed E-state index contributed by atoms with van der Waals surface area (Å²) in [4.78, 5) is 15.0. The van der Waals surface area contributed by atoms with Crippen LogP contribution in [0.1, 0.15) is 41.2 Å². The van der Waals surface area contributed by atoms with Crippen molar-refractivity contribution in [2.24, 2.45) is 0 Å². The minimum atomic E-state index is -4.75. The van der Waals surface area contributed by atoms with Crippen LogP contribution in [0.2, 0.25) is 0 Å². The number of halogens is 4. The molecule has 4 aromatic rings. The van der Waals surface area contributed by atoms with Crippen LogP contribution in [0.5, 0.6) is 0 Å². The molecule has 0 bridgehead atoms. The van der Waals surface area contributed by atoms with Crippen LogP contribution in [0.4, 0.5) is 17.6 Å². The Morgan fingerprint density at radius 1 is 1.06 bits per heavy atom. The van der Waals surface area contributed by atoms with Gasteiger partial charge in [-0.15, -0.1) is 0 Å². The highest BCUT2D eigenvalue weighted by atomic mass is 19.4. The Kier molecular flexibility index (Phi) is 6.55. The number of nitrogens with zero attached hydrogens (tertiary/aromatic N) is 2. The second kappa shape index (κ2) is 9.58. The zero-order valence-electron chi connectivity index (χ0n) is 18.6. The summed E-state index contributed by atoms with van der Waals surface area (Å²) in [6.07, 6.45) is 3.06. The van der Waals surface area contributed by atoms with E-state index in [1.165, 1.54) is 6.08 Å². The van der Waals surface area contributed by atoms with Gasteiger partial charge in [-0.25, -0.2) is 14.2 Å². The van der Waals surface area contributed by atoms with E-state index in [4.69, 9.17) is 5.11 Å². The van der Waals surface area contributed by atoms with Crippen LogP contribution in [0, 0.1) is 5.82 Å². The van der Waals surface area contributed by atoms with Crippen LogP contribution in [0.3, 0.4) is 0 Å². The summed E-state index contributed by atoms with van der Waals surface area (Å²) in [5.41, 5.74) is 2.38. The lowest BCUT2D eigenvalue weighted by molar-refractivity contribution is -0.138. The number of carbonyl (C=O) groups is 1. The van der Waals surface area contributed by atoms with Crippen molar-refractivity contribution in [2.75, 3.05) is 0 Å². The van der Waals surface area contributed by atoms with Gasteiger partial charge in [-0.05, 0) is 70.2 Å². The average molecular weight is 480 g/mol. The Labute approximate surface area is 198 Å². The van der Waals surface area contributed by atoms with Crippen molar-refractivity contribution < 1.29 is 27.5 Å². The molecule has 2 heterocycles. The first-order chi connectivity index (χ1) is 16.7. The molecule has 2 aromatic carbocycles. The molecule has 0 aliphatic heterocycles. The van der Waals surface area contributed by atoms with Crippen molar-refractivity contribution in [2.45, 2.75) is 19.5 Å². The third kappa shape index (κ3) is 5.16. The second-order valence-corrected chi connectivity index (χ2v) is 7.80. The van der Waals surface area contributed by atoms with Crippen molar-refractivity contribution in [3.05, 3.63) is 113 Å². The fraction of sp³-hybridized carbons (Fsp3) is 0.111. The van der Waals surface area contributed by atoms with Crippen molar-refractivity contribution >= 4 is 28.8 Å². The molecule has 2 aromatic heterocycles. The Bertz CT molecular complexity index is 1450. The van der Waals surface area contributed by atoms with E-state index in [2.05, 4.69) is 4.98 Å². The van der Waals surface area contributed by atoms with Gasteiger partial charge in [0, 0.05) is 24.7 Å². The summed E-state index contributed by atoms with van der Waals surface area (Å²) >= 11 is 0. The minimum absolute atomic E-state index is 0.100. The zero-order valence-corrected chi connectivity index (χ0v) is 18.6. The first kappa shape index (κ1) is 23.9. The molecule has 0 saturated carbocycles. The standard InChI is InChI=1S/C27H20F4N2O2/c1-2-21(22-10-9-20(28)15-23(22)27(29,30)31)26(19-8-11-24-32-13-14-33(24)16-19)18-6-3-17(4-7-18)5-12-25(34)35/h3-16H,2H2,1H3,(H,34,35)/b12-5+,26-21+. The van der Waals surface area contributed by atoms with E-state index < -0.39 is 23.5 Å². The van der Waals surface area contributed by atoms with Crippen molar-refractivity contribution in [3.63, 3.8) is 0 Å². The highest BCUT2D eigenvalue weighted by molar-refractivity contribution is 5.99. The van der Waals surface area contributed by atoms with E-state index in [9.17, 15) is 22.4 Å². The summed E-state index contributed by atoms with van der Waals surface area (Å²) in [5, 5.41) is 8.86. The molecule has 0 radical (unpaired) electrons. The number of rotatable bonds is 6. The predicted octanol–water partition coefficient (Wildman–Crippen LogP) is 6.96. The third-order valence-electron chi connectivity index (χ3n) is 5.56. The van der Waals surface area contributed by atoms with Gasteiger partial charge < -0.3 is 9.51 Å². The van der Waals surface area contributed by atoms with Gasteiger partial charge in [0.05, 0.1) is 5.56 Å². The van der Waals surface area contributed by atoms with Crippen LogP contribution in [0.25, 0.3) is 22.9 Å². The number of alkyl halides is 3. The van der Waals surface area contributed by atoms with Gasteiger partial charge in [0.25, 0.3) is 0 Å². The molecular weight excluding hydrogens is 460 g/mol. The van der Waals surface area contributed by atoms with E-state index in [-0.39, 0.29) is 12.0 Å². The topological polar surface area (TPSA) is 54.6 Å². The van der Waals surface area contributed by atoms with E-state index in [1.807, 2.05) is 0 Å². The lowest BCUT2D eigenvalue weighted by Crippen LogP contribution is -2.10. The molecule has 0 saturated heterocycles. The number of hydrogen-bond acceptors (Lipinski definition) is 2. The van der Waals surface area contributed by atoms with Crippen molar-refractivity contribution in [1.82, 2.24) is 9.38 Å². The first-order valence-electron chi connectivity index (χ1n) is 10.7. The maximum atomic E-state index is 13.9. The van der Waals surface area contributed by atoms with E-state index in [1.54, 1.807) is 66.3 Å². The maximum absolute atomic E-state index is 13.9. The normalized spacial score (nSPS) is 12.8. The smallest absolute Gasteiger partial charge is 0.417 e. The third-order valence-corrected chi connectivity index (χ3v) is 5.56. The molecule has 0 spiro atoms. The number of benzene rings is 2. The highest BCUT2D eigenvalue weighted by Gasteiger charge is 2.35. The van der Waals surface area contributed by atoms with E-state index >= 15 is 0 Å².